The van der Waals surface area contributed by atoms with Crippen LogP contribution in [0, 0.1) is 0 Å². The van der Waals surface area contributed by atoms with E-state index in [9.17, 15) is 9.59 Å². The first-order chi connectivity index (χ1) is 13.0. The van der Waals surface area contributed by atoms with Crippen molar-refractivity contribution < 1.29 is 9.59 Å². The summed E-state index contributed by atoms with van der Waals surface area (Å²) in [6.07, 6.45) is 2.24. The maximum Gasteiger partial charge on any atom is 0.237 e. The number of hydrogen-bond acceptors (Lipinski definition) is 4. The maximum absolute atomic E-state index is 12.5. The molecule has 27 heavy (non-hydrogen) atoms. The molecule has 0 unspecified atom stereocenters. The molecule has 0 radical (unpaired) electrons. The summed E-state index contributed by atoms with van der Waals surface area (Å²) in [5.74, 6) is 0.508. The van der Waals surface area contributed by atoms with E-state index in [-0.39, 0.29) is 17.9 Å². The highest BCUT2D eigenvalue weighted by Gasteiger charge is 2.28. The molecule has 148 valence electrons. The molecule has 2 fully saturated rings. The fourth-order valence-corrected chi connectivity index (χ4v) is 3.48. The summed E-state index contributed by atoms with van der Waals surface area (Å²) < 4.78 is 0. The van der Waals surface area contributed by atoms with Crippen molar-refractivity contribution in [1.29, 1.82) is 0 Å². The van der Waals surface area contributed by atoms with E-state index in [2.05, 4.69) is 39.5 Å². The predicted molar refractivity (Wildman–Crippen MR) is 107 cm³/mol. The van der Waals surface area contributed by atoms with Crippen LogP contribution in [0.5, 0.6) is 0 Å². The molecule has 1 aromatic carbocycles. The Hall–Kier alpha value is -1.92. The van der Waals surface area contributed by atoms with Gasteiger partial charge in [-0.3, -0.25) is 19.4 Å². The molecule has 6 nitrogen and oxygen atoms in total. The van der Waals surface area contributed by atoms with Gasteiger partial charge in [0.1, 0.15) is 0 Å². The zero-order valence-corrected chi connectivity index (χ0v) is 16.5. The Morgan fingerprint density at radius 2 is 1.74 bits per heavy atom. The number of nitrogens with one attached hydrogen (secondary N) is 2. The number of nitrogens with zero attached hydrogens (tertiary/aromatic N) is 2. The molecule has 0 aromatic heterocycles. The van der Waals surface area contributed by atoms with Crippen molar-refractivity contribution in [3.05, 3.63) is 35.9 Å². The lowest BCUT2D eigenvalue weighted by atomic mass is 10.0. The van der Waals surface area contributed by atoms with Gasteiger partial charge in [-0.1, -0.05) is 37.3 Å². The van der Waals surface area contributed by atoms with Crippen LogP contribution in [0.15, 0.2) is 30.3 Å². The zero-order chi connectivity index (χ0) is 19.2. The number of piperazine rings is 1. The Labute approximate surface area is 162 Å². The molecule has 0 spiro atoms. The van der Waals surface area contributed by atoms with E-state index >= 15 is 0 Å². The van der Waals surface area contributed by atoms with Gasteiger partial charge in [0.25, 0.3) is 0 Å². The van der Waals surface area contributed by atoms with Gasteiger partial charge in [-0.2, -0.15) is 0 Å². The van der Waals surface area contributed by atoms with Gasteiger partial charge in [-0.25, -0.2) is 0 Å². The molecule has 2 aliphatic rings. The van der Waals surface area contributed by atoms with Crippen LogP contribution in [0.2, 0.25) is 0 Å². The third kappa shape index (κ3) is 6.04. The average Bonchev–Trinajstić information content (AvgIpc) is 3.50. The van der Waals surface area contributed by atoms with Crippen LogP contribution in [-0.2, 0) is 9.59 Å². The summed E-state index contributed by atoms with van der Waals surface area (Å²) in [5.41, 5.74) is 1.24. The first-order valence-electron chi connectivity index (χ1n) is 10.1. The number of benzene rings is 1. The molecule has 1 aromatic rings. The molecule has 1 saturated carbocycles. The van der Waals surface area contributed by atoms with Gasteiger partial charge in [0, 0.05) is 38.8 Å². The molecule has 1 aliphatic carbocycles. The molecular weight excluding hydrogens is 340 g/mol. The predicted octanol–water partition coefficient (Wildman–Crippen LogP) is 1.19. The molecule has 0 bridgehead atoms. The maximum atomic E-state index is 12.5. The summed E-state index contributed by atoms with van der Waals surface area (Å²) in [6, 6.07) is 10.5. The normalized spacial score (nSPS) is 20.7. The van der Waals surface area contributed by atoms with Gasteiger partial charge in [0.05, 0.1) is 12.6 Å². The van der Waals surface area contributed by atoms with Crippen molar-refractivity contribution in [3.63, 3.8) is 0 Å². The summed E-state index contributed by atoms with van der Waals surface area (Å²) >= 11 is 0. The van der Waals surface area contributed by atoms with Crippen LogP contribution in [0.25, 0.3) is 0 Å². The molecule has 6 heteroatoms. The molecule has 2 amide bonds. The Morgan fingerprint density at radius 1 is 1.07 bits per heavy atom. The zero-order valence-electron chi connectivity index (χ0n) is 16.5. The summed E-state index contributed by atoms with van der Waals surface area (Å²) in [4.78, 5) is 28.8. The fraction of sp³-hybridized carbons (Fsp3) is 0.619. The minimum absolute atomic E-state index is 0.0812. The Morgan fingerprint density at radius 3 is 2.37 bits per heavy atom. The summed E-state index contributed by atoms with van der Waals surface area (Å²) in [6.45, 7) is 8.52. The lowest BCUT2D eigenvalue weighted by Crippen LogP contribution is -2.55. The number of carbonyl (C=O) groups is 2. The highest BCUT2D eigenvalue weighted by molar-refractivity contribution is 5.81. The third-order valence-corrected chi connectivity index (χ3v) is 5.59. The highest BCUT2D eigenvalue weighted by Crippen LogP contribution is 2.18. The minimum Gasteiger partial charge on any atom is -0.354 e. The summed E-state index contributed by atoms with van der Waals surface area (Å²) in [5, 5.41) is 6.13. The fourth-order valence-electron chi connectivity index (χ4n) is 3.48. The standard InChI is InChI=1S/C21H32N4O2/c1-16(18-6-4-3-5-7-18)14-22-21(27)17(2)25-12-10-24(11-13-25)15-20(26)23-19-8-9-19/h3-7,16-17,19H,8-15H2,1-2H3,(H,22,27)(H,23,26)/t16-,17-/m0/s1. The van der Waals surface area contributed by atoms with E-state index in [4.69, 9.17) is 0 Å². The van der Waals surface area contributed by atoms with Gasteiger partial charge in [0.15, 0.2) is 0 Å². The monoisotopic (exact) mass is 372 g/mol. The average molecular weight is 373 g/mol. The SMILES string of the molecule is C[C@@H](CNC(=O)[C@H](C)N1CCN(CC(=O)NC2CC2)CC1)c1ccccc1. The Balaban J connectivity index is 1.37. The second-order valence-corrected chi connectivity index (χ2v) is 7.89. The van der Waals surface area contributed by atoms with Crippen molar-refractivity contribution in [2.75, 3.05) is 39.3 Å². The van der Waals surface area contributed by atoms with Crippen LogP contribution in [0.1, 0.15) is 38.2 Å². The first kappa shape index (κ1) is 19.8. The van der Waals surface area contributed by atoms with Crippen LogP contribution in [0.4, 0.5) is 0 Å². The van der Waals surface area contributed by atoms with Gasteiger partial charge >= 0.3 is 0 Å². The minimum atomic E-state index is -0.143. The molecule has 3 rings (SSSR count). The van der Waals surface area contributed by atoms with Crippen molar-refractivity contribution in [1.82, 2.24) is 20.4 Å². The number of carbonyl (C=O) groups excluding carboxylic acids is 2. The lowest BCUT2D eigenvalue weighted by Gasteiger charge is -2.37. The second kappa shape index (κ2) is 9.33. The van der Waals surface area contributed by atoms with Crippen LogP contribution >= 0.6 is 0 Å². The third-order valence-electron chi connectivity index (χ3n) is 5.59. The number of rotatable bonds is 8. The quantitative estimate of drug-likeness (QED) is 0.720. The smallest absolute Gasteiger partial charge is 0.237 e. The van der Waals surface area contributed by atoms with E-state index in [1.165, 1.54) is 5.56 Å². The van der Waals surface area contributed by atoms with E-state index in [0.29, 0.717) is 25.0 Å². The first-order valence-corrected chi connectivity index (χ1v) is 10.1. The van der Waals surface area contributed by atoms with Crippen molar-refractivity contribution >= 4 is 11.8 Å². The molecule has 2 atom stereocenters. The van der Waals surface area contributed by atoms with Crippen molar-refractivity contribution in [3.8, 4) is 0 Å². The van der Waals surface area contributed by atoms with E-state index in [1.807, 2.05) is 25.1 Å². The summed E-state index contributed by atoms with van der Waals surface area (Å²) in [7, 11) is 0. The van der Waals surface area contributed by atoms with Crippen LogP contribution in [-0.4, -0.2) is 73.0 Å². The van der Waals surface area contributed by atoms with Gasteiger partial charge in [0.2, 0.25) is 11.8 Å². The molecule has 1 saturated heterocycles. The number of amides is 2. The van der Waals surface area contributed by atoms with E-state index in [0.717, 1.165) is 39.0 Å². The number of hydrogen-bond donors (Lipinski definition) is 2. The van der Waals surface area contributed by atoms with Gasteiger partial charge in [-0.15, -0.1) is 0 Å². The van der Waals surface area contributed by atoms with Crippen molar-refractivity contribution in [2.24, 2.45) is 0 Å². The molecule has 1 heterocycles. The van der Waals surface area contributed by atoms with Crippen LogP contribution in [0.3, 0.4) is 0 Å². The molecule has 1 aliphatic heterocycles. The van der Waals surface area contributed by atoms with Gasteiger partial charge in [-0.05, 0) is 31.2 Å². The largest absolute Gasteiger partial charge is 0.354 e. The van der Waals surface area contributed by atoms with E-state index < -0.39 is 0 Å². The second-order valence-electron chi connectivity index (χ2n) is 7.89. The highest BCUT2D eigenvalue weighted by atomic mass is 16.2. The Bertz CT molecular complexity index is 624. The molecule has 2 N–H and O–H groups in total. The molecular formula is C21H32N4O2. The Kier molecular flexibility index (Phi) is 6.85. The van der Waals surface area contributed by atoms with E-state index in [1.54, 1.807) is 0 Å². The topological polar surface area (TPSA) is 64.7 Å². The lowest BCUT2D eigenvalue weighted by molar-refractivity contribution is -0.128. The van der Waals surface area contributed by atoms with Crippen molar-refractivity contribution in [2.45, 2.75) is 44.7 Å². The van der Waals surface area contributed by atoms with Crippen LogP contribution < -0.4 is 10.6 Å². The van der Waals surface area contributed by atoms with Gasteiger partial charge < -0.3 is 10.6 Å².